The molecule has 1 aliphatic carbocycles. The highest BCUT2D eigenvalue weighted by Gasteiger charge is 2.25. The van der Waals surface area contributed by atoms with Crippen LogP contribution in [0.15, 0.2) is 36.5 Å². The number of hydrogen-bond donors (Lipinski definition) is 1. The van der Waals surface area contributed by atoms with Crippen LogP contribution in [0, 0.1) is 0 Å². The largest absolute Gasteiger partial charge is 0.478 e. The van der Waals surface area contributed by atoms with Gasteiger partial charge in [-0.1, -0.05) is 43.2 Å². The average molecular weight is 256 g/mol. The first-order valence-electron chi connectivity index (χ1n) is 6.63. The maximum absolute atomic E-state index is 11.4. The van der Waals surface area contributed by atoms with Gasteiger partial charge in [-0.15, -0.1) is 0 Å². The van der Waals surface area contributed by atoms with Crippen molar-refractivity contribution in [3.8, 4) is 11.3 Å². The Balaban J connectivity index is 2.13. The van der Waals surface area contributed by atoms with Crippen LogP contribution in [0.2, 0.25) is 0 Å². The summed E-state index contributed by atoms with van der Waals surface area (Å²) in [6, 6.07) is 9.99. The summed E-state index contributed by atoms with van der Waals surface area (Å²) < 4.78 is 1.91. The number of aromatic nitrogens is 2. The molecule has 0 unspecified atom stereocenters. The van der Waals surface area contributed by atoms with Gasteiger partial charge in [0.05, 0.1) is 17.9 Å². The monoisotopic (exact) mass is 256 g/mol. The molecule has 0 amide bonds. The molecule has 0 spiro atoms. The third-order valence-corrected chi connectivity index (χ3v) is 3.74. The fourth-order valence-corrected chi connectivity index (χ4v) is 2.83. The summed E-state index contributed by atoms with van der Waals surface area (Å²) in [7, 11) is 0. The average Bonchev–Trinajstić information content (AvgIpc) is 3.08. The summed E-state index contributed by atoms with van der Waals surface area (Å²) in [4.78, 5) is 11.4. The Morgan fingerprint density at radius 1 is 1.21 bits per heavy atom. The van der Waals surface area contributed by atoms with E-state index < -0.39 is 5.97 Å². The lowest BCUT2D eigenvalue weighted by atomic mass is 10.1. The number of rotatable bonds is 3. The van der Waals surface area contributed by atoms with Crippen LogP contribution in [0.4, 0.5) is 0 Å². The highest BCUT2D eigenvalue weighted by molar-refractivity contribution is 5.94. The number of carbonyl (C=O) groups is 1. The van der Waals surface area contributed by atoms with Gasteiger partial charge in [0.2, 0.25) is 0 Å². The lowest BCUT2D eigenvalue weighted by Crippen LogP contribution is -2.09. The molecule has 0 radical (unpaired) electrons. The van der Waals surface area contributed by atoms with Crippen LogP contribution in [0.3, 0.4) is 0 Å². The zero-order valence-electron chi connectivity index (χ0n) is 10.6. The molecular weight excluding hydrogens is 240 g/mol. The van der Waals surface area contributed by atoms with E-state index in [4.69, 9.17) is 0 Å². The van der Waals surface area contributed by atoms with Gasteiger partial charge in [0.15, 0.2) is 0 Å². The molecule has 1 aromatic carbocycles. The molecule has 1 aliphatic rings. The standard InChI is InChI=1S/C15H16N2O2/c18-15(19)13-10-16-17(12-8-4-5-9-12)14(13)11-6-2-1-3-7-11/h1-3,6-7,10,12H,4-5,8-9H2,(H,18,19). The molecule has 2 aromatic rings. The maximum Gasteiger partial charge on any atom is 0.339 e. The molecule has 0 bridgehead atoms. The van der Waals surface area contributed by atoms with Crippen molar-refractivity contribution >= 4 is 5.97 Å². The maximum atomic E-state index is 11.4. The first-order chi connectivity index (χ1) is 9.27. The van der Waals surface area contributed by atoms with Gasteiger partial charge in [0.1, 0.15) is 5.56 Å². The van der Waals surface area contributed by atoms with Crippen LogP contribution in [0.5, 0.6) is 0 Å². The van der Waals surface area contributed by atoms with Crippen LogP contribution in [-0.2, 0) is 0 Å². The number of nitrogens with zero attached hydrogens (tertiary/aromatic N) is 2. The Bertz CT molecular complexity index is 583. The smallest absolute Gasteiger partial charge is 0.339 e. The molecule has 0 aliphatic heterocycles. The lowest BCUT2D eigenvalue weighted by Gasteiger charge is -2.15. The van der Waals surface area contributed by atoms with Crippen molar-refractivity contribution in [1.82, 2.24) is 9.78 Å². The summed E-state index contributed by atoms with van der Waals surface area (Å²) in [5.74, 6) is -0.914. The van der Waals surface area contributed by atoms with Gasteiger partial charge in [-0.3, -0.25) is 4.68 Å². The molecule has 4 nitrogen and oxygen atoms in total. The van der Waals surface area contributed by atoms with E-state index in [-0.39, 0.29) is 5.56 Å². The van der Waals surface area contributed by atoms with Gasteiger partial charge in [-0.25, -0.2) is 4.79 Å². The minimum atomic E-state index is -0.914. The van der Waals surface area contributed by atoms with E-state index in [1.807, 2.05) is 35.0 Å². The number of carboxylic acid groups (broad SMARTS) is 1. The molecule has 1 aromatic heterocycles. The van der Waals surface area contributed by atoms with Crippen LogP contribution in [-0.4, -0.2) is 20.9 Å². The van der Waals surface area contributed by atoms with Crippen molar-refractivity contribution in [2.45, 2.75) is 31.7 Å². The molecule has 0 atom stereocenters. The molecule has 3 rings (SSSR count). The highest BCUT2D eigenvalue weighted by atomic mass is 16.4. The fourth-order valence-electron chi connectivity index (χ4n) is 2.83. The predicted molar refractivity (Wildman–Crippen MR) is 72.1 cm³/mol. The van der Waals surface area contributed by atoms with Crippen molar-refractivity contribution < 1.29 is 9.90 Å². The van der Waals surface area contributed by atoms with Gasteiger partial charge < -0.3 is 5.11 Å². The van der Waals surface area contributed by atoms with E-state index in [1.54, 1.807) is 0 Å². The molecule has 4 heteroatoms. The molecule has 1 fully saturated rings. The minimum Gasteiger partial charge on any atom is -0.478 e. The van der Waals surface area contributed by atoms with Crippen molar-refractivity contribution in [2.24, 2.45) is 0 Å². The second-order valence-electron chi connectivity index (χ2n) is 4.96. The number of benzene rings is 1. The van der Waals surface area contributed by atoms with Crippen molar-refractivity contribution in [3.05, 3.63) is 42.1 Å². The van der Waals surface area contributed by atoms with E-state index >= 15 is 0 Å². The van der Waals surface area contributed by atoms with Gasteiger partial charge in [0, 0.05) is 5.56 Å². The zero-order chi connectivity index (χ0) is 13.2. The Morgan fingerprint density at radius 3 is 2.53 bits per heavy atom. The molecule has 98 valence electrons. The van der Waals surface area contributed by atoms with E-state index in [9.17, 15) is 9.90 Å². The highest BCUT2D eigenvalue weighted by Crippen LogP contribution is 2.34. The third kappa shape index (κ3) is 2.14. The van der Waals surface area contributed by atoms with Crippen LogP contribution >= 0.6 is 0 Å². The topological polar surface area (TPSA) is 55.1 Å². The minimum absolute atomic E-state index is 0.290. The van der Waals surface area contributed by atoms with Crippen LogP contribution in [0.1, 0.15) is 42.1 Å². The van der Waals surface area contributed by atoms with Gasteiger partial charge in [-0.05, 0) is 12.8 Å². The summed E-state index contributed by atoms with van der Waals surface area (Å²) >= 11 is 0. The summed E-state index contributed by atoms with van der Waals surface area (Å²) in [5.41, 5.74) is 1.95. The van der Waals surface area contributed by atoms with E-state index in [0.29, 0.717) is 6.04 Å². The third-order valence-electron chi connectivity index (χ3n) is 3.74. The molecule has 1 saturated carbocycles. The summed E-state index contributed by atoms with van der Waals surface area (Å²) in [6.45, 7) is 0. The second kappa shape index (κ2) is 4.88. The van der Waals surface area contributed by atoms with Crippen LogP contribution in [0.25, 0.3) is 11.3 Å². The van der Waals surface area contributed by atoms with Crippen molar-refractivity contribution in [1.29, 1.82) is 0 Å². The SMILES string of the molecule is O=C(O)c1cnn(C2CCCC2)c1-c1ccccc1. The van der Waals surface area contributed by atoms with E-state index in [2.05, 4.69) is 5.10 Å². The molecule has 1 heterocycles. The summed E-state index contributed by atoms with van der Waals surface area (Å²) in [5, 5.41) is 13.7. The Hall–Kier alpha value is -2.10. The van der Waals surface area contributed by atoms with Crippen molar-refractivity contribution in [2.75, 3.05) is 0 Å². The number of aromatic carboxylic acids is 1. The van der Waals surface area contributed by atoms with Crippen molar-refractivity contribution in [3.63, 3.8) is 0 Å². The Morgan fingerprint density at radius 2 is 1.89 bits per heavy atom. The first kappa shape index (κ1) is 12.0. The molecule has 19 heavy (non-hydrogen) atoms. The molecular formula is C15H16N2O2. The zero-order valence-corrected chi connectivity index (χ0v) is 10.6. The first-order valence-corrected chi connectivity index (χ1v) is 6.63. The Kier molecular flexibility index (Phi) is 3.07. The predicted octanol–water partition coefficient (Wildman–Crippen LogP) is 3.36. The van der Waals surface area contributed by atoms with E-state index in [1.165, 1.54) is 19.0 Å². The van der Waals surface area contributed by atoms with E-state index in [0.717, 1.165) is 24.1 Å². The fraction of sp³-hybridized carbons (Fsp3) is 0.333. The normalized spacial score (nSPS) is 15.8. The van der Waals surface area contributed by atoms with Gasteiger partial charge >= 0.3 is 5.97 Å². The van der Waals surface area contributed by atoms with Gasteiger partial charge in [0.25, 0.3) is 0 Å². The molecule has 1 N–H and O–H groups in total. The second-order valence-corrected chi connectivity index (χ2v) is 4.96. The summed E-state index contributed by atoms with van der Waals surface area (Å²) in [6.07, 6.45) is 6.03. The van der Waals surface area contributed by atoms with Gasteiger partial charge in [-0.2, -0.15) is 5.10 Å². The quantitative estimate of drug-likeness (QED) is 0.916. The number of hydrogen-bond acceptors (Lipinski definition) is 2. The molecule has 0 saturated heterocycles. The van der Waals surface area contributed by atoms with Crippen LogP contribution < -0.4 is 0 Å². The lowest BCUT2D eigenvalue weighted by molar-refractivity contribution is 0.0697. The Labute approximate surface area is 111 Å². The number of carboxylic acids is 1.